The van der Waals surface area contributed by atoms with E-state index >= 15 is 0 Å². The molecule has 1 saturated carbocycles. The largest absolute Gasteiger partial charge is 0.468 e. The van der Waals surface area contributed by atoms with Crippen LogP contribution in [0.25, 0.3) is 11.0 Å². The minimum absolute atomic E-state index is 0.0717. The summed E-state index contributed by atoms with van der Waals surface area (Å²) in [5, 5.41) is 8.40. The number of hydrogen-bond acceptors (Lipinski definition) is 6. The average Bonchev–Trinajstić information content (AvgIpc) is 3.49. The van der Waals surface area contributed by atoms with Gasteiger partial charge in [0.2, 0.25) is 0 Å². The number of hydrogen-bond donors (Lipinski definition) is 2. The number of furan rings is 2. The summed E-state index contributed by atoms with van der Waals surface area (Å²) in [5.41, 5.74) is 2.35. The van der Waals surface area contributed by atoms with Gasteiger partial charge in [-0.2, -0.15) is 0 Å². The number of piperazine rings is 1. The van der Waals surface area contributed by atoms with Crippen molar-refractivity contribution in [1.82, 2.24) is 15.1 Å². The molecule has 0 atom stereocenters. The Bertz CT molecular complexity index is 1230. The van der Waals surface area contributed by atoms with E-state index in [9.17, 15) is 4.79 Å². The zero-order valence-electron chi connectivity index (χ0n) is 19.2. The van der Waals surface area contributed by atoms with E-state index in [1.807, 2.05) is 29.2 Å². The van der Waals surface area contributed by atoms with Crippen molar-refractivity contribution in [2.75, 3.05) is 31.5 Å². The van der Waals surface area contributed by atoms with Crippen LogP contribution in [0.15, 0.2) is 51.8 Å². The third-order valence-electron chi connectivity index (χ3n) is 7.44. The van der Waals surface area contributed by atoms with Gasteiger partial charge in [-0.05, 0) is 37.1 Å². The molecule has 1 aromatic carbocycles. The van der Waals surface area contributed by atoms with E-state index in [0.717, 1.165) is 79.1 Å². The van der Waals surface area contributed by atoms with Crippen LogP contribution in [0.5, 0.6) is 0 Å². The molecule has 1 spiro atoms. The van der Waals surface area contributed by atoms with Gasteiger partial charge in [0.05, 0.1) is 34.9 Å². The molecule has 8 heteroatoms. The lowest BCUT2D eigenvalue weighted by Gasteiger charge is -2.44. The summed E-state index contributed by atoms with van der Waals surface area (Å²) in [4.78, 5) is 17.6. The summed E-state index contributed by atoms with van der Waals surface area (Å²) in [6.07, 6.45) is 7.14. The number of halogens is 1. The van der Waals surface area contributed by atoms with Gasteiger partial charge in [-0.25, -0.2) is 0 Å². The lowest BCUT2D eigenvalue weighted by molar-refractivity contribution is 0.0592. The Balaban J connectivity index is 1.28. The molecule has 3 aromatic rings. The van der Waals surface area contributed by atoms with Gasteiger partial charge < -0.3 is 24.4 Å². The normalized spacial score (nSPS) is 20.3. The van der Waals surface area contributed by atoms with Crippen LogP contribution in [0.1, 0.15) is 54.0 Å². The molecule has 1 aliphatic carbocycles. The number of nitrogens with zero attached hydrogens (tertiary/aromatic N) is 2. The van der Waals surface area contributed by atoms with Gasteiger partial charge in [0.1, 0.15) is 11.3 Å². The first-order valence-corrected chi connectivity index (χ1v) is 12.4. The van der Waals surface area contributed by atoms with Gasteiger partial charge in [0.25, 0.3) is 5.91 Å². The Morgan fingerprint density at radius 1 is 1.15 bits per heavy atom. The molecular weight excluding hydrogens is 452 g/mol. The monoisotopic (exact) mass is 480 g/mol. The van der Waals surface area contributed by atoms with E-state index in [0.29, 0.717) is 23.9 Å². The first-order chi connectivity index (χ1) is 16.5. The van der Waals surface area contributed by atoms with Gasteiger partial charge in [-0.3, -0.25) is 9.69 Å². The van der Waals surface area contributed by atoms with Gasteiger partial charge >= 0.3 is 0 Å². The second-order valence-electron chi connectivity index (χ2n) is 9.66. The fraction of sp³-hybridized carbons (Fsp3) is 0.423. The molecule has 0 unspecified atom stereocenters. The van der Waals surface area contributed by atoms with E-state index < -0.39 is 0 Å². The van der Waals surface area contributed by atoms with Crippen LogP contribution < -0.4 is 10.6 Å². The van der Waals surface area contributed by atoms with E-state index in [1.54, 1.807) is 6.26 Å². The van der Waals surface area contributed by atoms with Crippen molar-refractivity contribution in [1.29, 1.82) is 0 Å². The molecule has 0 radical (unpaired) electrons. The summed E-state index contributed by atoms with van der Waals surface area (Å²) in [6.45, 7) is 7.79. The first-order valence-electron chi connectivity index (χ1n) is 12.1. The van der Waals surface area contributed by atoms with E-state index in [-0.39, 0.29) is 11.4 Å². The second-order valence-corrected chi connectivity index (χ2v) is 10.1. The molecule has 0 bridgehead atoms. The van der Waals surface area contributed by atoms with Crippen molar-refractivity contribution < 1.29 is 13.6 Å². The number of fused-ring (bicyclic) bond motifs is 4. The van der Waals surface area contributed by atoms with Gasteiger partial charge in [0, 0.05) is 37.1 Å². The topological polar surface area (TPSA) is 73.9 Å². The van der Waals surface area contributed by atoms with E-state index in [1.165, 1.54) is 6.42 Å². The lowest BCUT2D eigenvalue weighted by atomic mass is 9.74. The highest BCUT2D eigenvalue weighted by molar-refractivity contribution is 6.34. The number of benzene rings is 1. The number of anilines is 1. The van der Waals surface area contributed by atoms with Crippen molar-refractivity contribution in [2.24, 2.45) is 0 Å². The molecule has 34 heavy (non-hydrogen) atoms. The maximum atomic E-state index is 13.4. The second kappa shape index (κ2) is 8.40. The predicted molar refractivity (Wildman–Crippen MR) is 132 cm³/mol. The Morgan fingerprint density at radius 2 is 1.94 bits per heavy atom. The third-order valence-corrected chi connectivity index (χ3v) is 7.74. The number of carbonyl (C=O) groups excluding carboxylic acids is 1. The van der Waals surface area contributed by atoms with Crippen LogP contribution in [0.4, 0.5) is 5.69 Å². The van der Waals surface area contributed by atoms with Gasteiger partial charge in [0.15, 0.2) is 5.76 Å². The lowest BCUT2D eigenvalue weighted by Crippen LogP contribution is -2.48. The van der Waals surface area contributed by atoms with Crippen LogP contribution in [0, 0.1) is 0 Å². The summed E-state index contributed by atoms with van der Waals surface area (Å²) in [6, 6.07) is 7.62. The summed E-state index contributed by atoms with van der Waals surface area (Å²) in [7, 11) is 0. The molecule has 6 rings (SSSR count). The number of carbonyl (C=O) groups is 1. The average molecular weight is 481 g/mol. The van der Waals surface area contributed by atoms with Crippen LogP contribution in [0.3, 0.4) is 0 Å². The molecule has 2 fully saturated rings. The highest BCUT2D eigenvalue weighted by Crippen LogP contribution is 2.49. The third kappa shape index (κ3) is 3.67. The van der Waals surface area contributed by atoms with Crippen LogP contribution in [-0.4, -0.2) is 41.9 Å². The molecule has 1 amide bonds. The fourth-order valence-corrected chi connectivity index (χ4v) is 6.04. The van der Waals surface area contributed by atoms with Crippen LogP contribution in [0.2, 0.25) is 5.02 Å². The Kier molecular flexibility index (Phi) is 5.34. The van der Waals surface area contributed by atoms with Gasteiger partial charge in [-0.1, -0.05) is 37.4 Å². The van der Waals surface area contributed by atoms with Crippen molar-refractivity contribution in [3.63, 3.8) is 0 Å². The summed E-state index contributed by atoms with van der Waals surface area (Å²) in [5.74, 6) is 2.00. The minimum atomic E-state index is -0.269. The van der Waals surface area contributed by atoms with E-state index in [2.05, 4.69) is 22.1 Å². The van der Waals surface area contributed by atoms with Crippen molar-refractivity contribution in [3.8, 4) is 0 Å². The first kappa shape index (κ1) is 21.6. The molecule has 178 valence electrons. The molecule has 3 aliphatic rings. The molecule has 7 nitrogen and oxygen atoms in total. The van der Waals surface area contributed by atoms with Crippen LogP contribution >= 0.6 is 11.6 Å². The fourth-order valence-electron chi connectivity index (χ4n) is 5.79. The highest BCUT2D eigenvalue weighted by atomic mass is 35.5. The maximum Gasteiger partial charge on any atom is 0.289 e. The molecule has 2 aromatic heterocycles. The standard InChI is InChI=1S/C26H29ClN4O3/c1-17-28-23-20(27)14-18-15-21(34-24(18)22(23)26(29-17)7-3-2-4-8-26)25(32)31-11-9-30(10-12-31)16-19-6-5-13-33-19/h5-6,13-15,28-29H,1-4,7-12,16H2. The predicted octanol–water partition coefficient (Wildman–Crippen LogP) is 5.28. The zero-order chi connectivity index (χ0) is 23.3. The molecule has 2 N–H and O–H groups in total. The van der Waals surface area contributed by atoms with E-state index in [4.69, 9.17) is 20.4 Å². The van der Waals surface area contributed by atoms with Gasteiger partial charge in [-0.15, -0.1) is 0 Å². The quantitative estimate of drug-likeness (QED) is 0.531. The maximum absolute atomic E-state index is 13.4. The molecule has 4 heterocycles. The number of rotatable bonds is 3. The van der Waals surface area contributed by atoms with Crippen molar-refractivity contribution in [2.45, 2.75) is 44.2 Å². The Labute approximate surface area is 203 Å². The van der Waals surface area contributed by atoms with Crippen molar-refractivity contribution >= 4 is 34.2 Å². The minimum Gasteiger partial charge on any atom is -0.468 e. The Morgan fingerprint density at radius 3 is 2.68 bits per heavy atom. The smallest absolute Gasteiger partial charge is 0.289 e. The number of nitrogens with one attached hydrogen (secondary N) is 2. The number of amides is 1. The zero-order valence-corrected chi connectivity index (χ0v) is 19.9. The SMILES string of the molecule is C=C1Nc2c(Cl)cc3cc(C(=O)N4CCN(Cc5ccco5)CC4)oc3c2C2(CCCCC2)N1. The van der Waals surface area contributed by atoms with Crippen LogP contribution in [-0.2, 0) is 12.1 Å². The Hall–Kier alpha value is -2.90. The molecule has 2 aliphatic heterocycles. The summed E-state index contributed by atoms with van der Waals surface area (Å²) < 4.78 is 11.8. The van der Waals surface area contributed by atoms with Crippen molar-refractivity contribution in [3.05, 3.63) is 65.0 Å². The molecular formula is C26H29ClN4O3. The highest BCUT2D eigenvalue weighted by Gasteiger charge is 2.42. The molecule has 1 saturated heterocycles. The summed E-state index contributed by atoms with van der Waals surface area (Å²) >= 11 is 6.72.